The fraction of sp³-hybridized carbons (Fsp3) is 0.875. The Labute approximate surface area is 66.9 Å². The van der Waals surface area contributed by atoms with Crippen LogP contribution in [-0.4, -0.2) is 20.0 Å². The molecule has 0 aromatic heterocycles. The molecule has 62 valence electrons. The highest BCUT2D eigenvalue weighted by molar-refractivity contribution is 4.76. The molecule has 1 fully saturated rings. The van der Waals surface area contributed by atoms with Crippen LogP contribution in [0.2, 0.25) is 0 Å². The van der Waals surface area contributed by atoms with E-state index in [1.165, 1.54) is 0 Å². The average molecular weight is 155 g/mol. The summed E-state index contributed by atoms with van der Waals surface area (Å²) in [5, 5.41) is 8.35. The van der Waals surface area contributed by atoms with E-state index in [0.29, 0.717) is 12.3 Å². The maximum Gasteiger partial charge on any atom is 0.160 e. The molecule has 11 heavy (non-hydrogen) atoms. The quantitative estimate of drug-likeness (QED) is 0.617. The number of hydrogen-bond donors (Lipinski definition) is 0. The van der Waals surface area contributed by atoms with E-state index in [1.807, 2.05) is 0 Å². The van der Waals surface area contributed by atoms with Crippen molar-refractivity contribution in [3.63, 3.8) is 0 Å². The van der Waals surface area contributed by atoms with E-state index in [4.69, 9.17) is 14.7 Å². The highest BCUT2D eigenvalue weighted by Gasteiger charge is 2.27. The Morgan fingerprint density at radius 3 is 3.18 bits per heavy atom. The molecule has 0 radical (unpaired) electrons. The van der Waals surface area contributed by atoms with E-state index in [1.54, 1.807) is 7.11 Å². The summed E-state index contributed by atoms with van der Waals surface area (Å²) in [4.78, 5) is 0. The van der Waals surface area contributed by atoms with Crippen LogP contribution in [0, 0.1) is 17.2 Å². The summed E-state index contributed by atoms with van der Waals surface area (Å²) in [7, 11) is 1.65. The second kappa shape index (κ2) is 4.32. The van der Waals surface area contributed by atoms with Crippen LogP contribution in [-0.2, 0) is 9.47 Å². The molecular weight excluding hydrogens is 142 g/mol. The SMILES string of the molecule is COC1OCCC1CCC#N. The lowest BCUT2D eigenvalue weighted by atomic mass is 10.0. The van der Waals surface area contributed by atoms with Crippen LogP contribution in [0.4, 0.5) is 0 Å². The molecule has 2 atom stereocenters. The summed E-state index contributed by atoms with van der Waals surface area (Å²) in [6, 6.07) is 2.13. The summed E-state index contributed by atoms with van der Waals surface area (Å²) >= 11 is 0. The molecular formula is C8H13NO2. The van der Waals surface area contributed by atoms with E-state index < -0.39 is 0 Å². The molecule has 1 aliphatic heterocycles. The van der Waals surface area contributed by atoms with Crippen LogP contribution in [0.15, 0.2) is 0 Å². The van der Waals surface area contributed by atoms with E-state index in [2.05, 4.69) is 6.07 Å². The molecule has 0 bridgehead atoms. The number of rotatable bonds is 3. The van der Waals surface area contributed by atoms with Gasteiger partial charge in [-0.15, -0.1) is 0 Å². The monoisotopic (exact) mass is 155 g/mol. The highest BCUT2D eigenvalue weighted by atomic mass is 16.7. The second-order valence-electron chi connectivity index (χ2n) is 2.72. The minimum atomic E-state index is -0.0663. The predicted octanol–water partition coefficient (Wildman–Crippen LogP) is 1.30. The summed E-state index contributed by atoms with van der Waals surface area (Å²) < 4.78 is 10.4. The Kier molecular flexibility index (Phi) is 3.34. The van der Waals surface area contributed by atoms with Gasteiger partial charge in [0.2, 0.25) is 0 Å². The number of nitriles is 1. The zero-order valence-electron chi connectivity index (χ0n) is 6.75. The minimum absolute atomic E-state index is 0.0663. The molecule has 1 rings (SSSR count). The Hall–Kier alpha value is -0.590. The van der Waals surface area contributed by atoms with Gasteiger partial charge in [-0.1, -0.05) is 0 Å². The molecule has 0 saturated carbocycles. The third-order valence-corrected chi connectivity index (χ3v) is 2.01. The average Bonchev–Trinajstić information content (AvgIpc) is 2.47. The van der Waals surface area contributed by atoms with Crippen LogP contribution >= 0.6 is 0 Å². The molecule has 3 heteroatoms. The van der Waals surface area contributed by atoms with Gasteiger partial charge in [0, 0.05) is 19.4 Å². The maximum absolute atomic E-state index is 8.35. The van der Waals surface area contributed by atoms with Crippen molar-refractivity contribution in [1.82, 2.24) is 0 Å². The van der Waals surface area contributed by atoms with Crippen LogP contribution in [0.1, 0.15) is 19.3 Å². The van der Waals surface area contributed by atoms with Gasteiger partial charge >= 0.3 is 0 Å². The van der Waals surface area contributed by atoms with Gasteiger partial charge in [-0.2, -0.15) is 5.26 Å². The van der Waals surface area contributed by atoms with Gasteiger partial charge in [-0.3, -0.25) is 0 Å². The van der Waals surface area contributed by atoms with Crippen molar-refractivity contribution >= 4 is 0 Å². The van der Waals surface area contributed by atoms with Crippen molar-refractivity contribution in [2.75, 3.05) is 13.7 Å². The summed E-state index contributed by atoms with van der Waals surface area (Å²) in [6.45, 7) is 0.772. The van der Waals surface area contributed by atoms with Crippen molar-refractivity contribution in [3.8, 4) is 6.07 Å². The molecule has 0 amide bonds. The third kappa shape index (κ3) is 2.18. The van der Waals surface area contributed by atoms with Crippen LogP contribution in [0.25, 0.3) is 0 Å². The number of methoxy groups -OCH3 is 1. The van der Waals surface area contributed by atoms with Gasteiger partial charge in [0.05, 0.1) is 12.7 Å². The molecule has 1 saturated heterocycles. The first kappa shape index (κ1) is 8.51. The van der Waals surface area contributed by atoms with E-state index >= 15 is 0 Å². The number of hydrogen-bond acceptors (Lipinski definition) is 3. The summed E-state index contributed by atoms with van der Waals surface area (Å²) in [6.07, 6.45) is 2.46. The van der Waals surface area contributed by atoms with Gasteiger partial charge < -0.3 is 9.47 Å². The first-order valence-electron chi connectivity index (χ1n) is 3.90. The topological polar surface area (TPSA) is 42.2 Å². The lowest BCUT2D eigenvalue weighted by Crippen LogP contribution is -2.17. The van der Waals surface area contributed by atoms with Crippen LogP contribution in [0.3, 0.4) is 0 Å². The molecule has 2 unspecified atom stereocenters. The first-order chi connectivity index (χ1) is 5.38. The van der Waals surface area contributed by atoms with E-state index in [9.17, 15) is 0 Å². The molecule has 0 aromatic rings. The Bertz CT molecular complexity index is 153. The molecule has 0 aliphatic carbocycles. The zero-order chi connectivity index (χ0) is 8.10. The molecule has 0 N–H and O–H groups in total. The van der Waals surface area contributed by atoms with Gasteiger partial charge in [0.25, 0.3) is 0 Å². The standard InChI is InChI=1S/C8H13NO2/c1-10-8-7(3-2-5-9)4-6-11-8/h7-8H,2-4,6H2,1H3. The van der Waals surface area contributed by atoms with Gasteiger partial charge in [-0.25, -0.2) is 0 Å². The Balaban J connectivity index is 2.27. The summed E-state index contributed by atoms with van der Waals surface area (Å²) in [5.74, 6) is 0.430. The van der Waals surface area contributed by atoms with Crippen LogP contribution < -0.4 is 0 Å². The van der Waals surface area contributed by atoms with Gasteiger partial charge in [-0.05, 0) is 12.8 Å². The van der Waals surface area contributed by atoms with Crippen LogP contribution in [0.5, 0.6) is 0 Å². The molecule has 1 aliphatic rings. The van der Waals surface area contributed by atoms with Gasteiger partial charge in [0.15, 0.2) is 6.29 Å². The van der Waals surface area contributed by atoms with Crippen molar-refractivity contribution in [1.29, 1.82) is 5.26 Å². The normalized spacial score (nSPS) is 30.2. The Morgan fingerprint density at radius 1 is 1.73 bits per heavy atom. The molecule has 0 spiro atoms. The lowest BCUT2D eigenvalue weighted by molar-refractivity contribution is -0.110. The van der Waals surface area contributed by atoms with Crippen molar-refractivity contribution in [3.05, 3.63) is 0 Å². The smallest absolute Gasteiger partial charge is 0.160 e. The highest BCUT2D eigenvalue weighted by Crippen LogP contribution is 2.25. The van der Waals surface area contributed by atoms with Gasteiger partial charge in [0.1, 0.15) is 0 Å². The molecule has 3 nitrogen and oxygen atoms in total. The van der Waals surface area contributed by atoms with Crippen molar-refractivity contribution in [2.24, 2.45) is 5.92 Å². The van der Waals surface area contributed by atoms with Crippen molar-refractivity contribution < 1.29 is 9.47 Å². The fourth-order valence-electron chi connectivity index (χ4n) is 1.40. The molecule has 1 heterocycles. The number of ether oxygens (including phenoxy) is 2. The largest absolute Gasteiger partial charge is 0.356 e. The molecule has 0 aromatic carbocycles. The van der Waals surface area contributed by atoms with Crippen molar-refractivity contribution in [2.45, 2.75) is 25.6 Å². The first-order valence-corrected chi connectivity index (χ1v) is 3.90. The summed E-state index contributed by atoms with van der Waals surface area (Å²) in [5.41, 5.74) is 0. The predicted molar refractivity (Wildman–Crippen MR) is 39.7 cm³/mol. The Morgan fingerprint density at radius 2 is 2.55 bits per heavy atom. The third-order valence-electron chi connectivity index (χ3n) is 2.01. The van der Waals surface area contributed by atoms with E-state index in [0.717, 1.165) is 19.4 Å². The second-order valence-corrected chi connectivity index (χ2v) is 2.72. The zero-order valence-corrected chi connectivity index (χ0v) is 6.75. The lowest BCUT2D eigenvalue weighted by Gasteiger charge is -2.14. The maximum atomic E-state index is 8.35. The number of nitrogens with zero attached hydrogens (tertiary/aromatic N) is 1. The minimum Gasteiger partial charge on any atom is -0.356 e. The van der Waals surface area contributed by atoms with E-state index in [-0.39, 0.29) is 6.29 Å². The fourth-order valence-corrected chi connectivity index (χ4v) is 1.40.